The van der Waals surface area contributed by atoms with E-state index in [4.69, 9.17) is 0 Å². The van der Waals surface area contributed by atoms with E-state index >= 15 is 0 Å². The second-order valence-electron chi connectivity index (χ2n) is 14.4. The van der Waals surface area contributed by atoms with Gasteiger partial charge >= 0.3 is 0 Å². The highest BCUT2D eigenvalue weighted by Crippen LogP contribution is 2.16. The molecule has 0 aliphatic carbocycles. The van der Waals surface area contributed by atoms with Gasteiger partial charge in [0.2, 0.25) is 5.91 Å². The molecule has 0 radical (unpaired) electrons. The summed E-state index contributed by atoms with van der Waals surface area (Å²) in [6.07, 6.45) is 47.4. The lowest BCUT2D eigenvalue weighted by Crippen LogP contribution is -2.45. The maximum absolute atomic E-state index is 12.3. The van der Waals surface area contributed by atoms with Gasteiger partial charge in [0.15, 0.2) is 0 Å². The maximum Gasteiger partial charge on any atom is 0.220 e. The van der Waals surface area contributed by atoms with Gasteiger partial charge < -0.3 is 15.5 Å². The van der Waals surface area contributed by atoms with E-state index < -0.39 is 12.1 Å². The van der Waals surface area contributed by atoms with Gasteiger partial charge in [0.25, 0.3) is 0 Å². The Morgan fingerprint density at radius 1 is 0.500 bits per heavy atom. The van der Waals surface area contributed by atoms with Gasteiger partial charge in [-0.25, -0.2) is 0 Å². The molecule has 0 saturated heterocycles. The summed E-state index contributed by atoms with van der Waals surface area (Å²) >= 11 is 0. The Labute approximate surface area is 288 Å². The van der Waals surface area contributed by atoms with Crippen LogP contribution in [0, 0.1) is 0 Å². The SMILES string of the molecule is CCCCCCCCCCCCC/C=C/[C@H](O)[C@H](CO)NC(=O)CCCCCCCCCCCCCCCCCCCCCCC. The Hall–Kier alpha value is -0.870. The van der Waals surface area contributed by atoms with Crippen LogP contribution >= 0.6 is 0 Å². The largest absolute Gasteiger partial charge is 0.394 e. The maximum atomic E-state index is 12.3. The van der Waals surface area contributed by atoms with Crippen molar-refractivity contribution in [3.8, 4) is 0 Å². The number of hydrogen-bond acceptors (Lipinski definition) is 3. The fourth-order valence-electron chi connectivity index (χ4n) is 6.53. The molecule has 2 atom stereocenters. The normalized spacial score (nSPS) is 13.0. The number of hydrogen-bond donors (Lipinski definition) is 3. The van der Waals surface area contributed by atoms with Gasteiger partial charge in [-0.05, 0) is 19.3 Å². The number of aliphatic hydroxyl groups is 2. The monoisotopic (exact) mass is 650 g/mol. The molecule has 1 amide bonds. The van der Waals surface area contributed by atoms with Crippen molar-refractivity contribution in [2.24, 2.45) is 0 Å². The lowest BCUT2D eigenvalue weighted by molar-refractivity contribution is -0.123. The summed E-state index contributed by atoms with van der Waals surface area (Å²) in [7, 11) is 0. The second-order valence-corrected chi connectivity index (χ2v) is 14.4. The van der Waals surface area contributed by atoms with Gasteiger partial charge in [0, 0.05) is 6.42 Å². The van der Waals surface area contributed by atoms with Crippen molar-refractivity contribution >= 4 is 5.91 Å². The van der Waals surface area contributed by atoms with Crippen LogP contribution in [0.15, 0.2) is 12.2 Å². The third-order valence-electron chi connectivity index (χ3n) is 9.77. The molecular formula is C42H83NO3. The molecule has 0 spiro atoms. The van der Waals surface area contributed by atoms with Gasteiger partial charge in [-0.1, -0.05) is 219 Å². The Morgan fingerprint density at radius 3 is 1.13 bits per heavy atom. The molecule has 4 heteroatoms. The topological polar surface area (TPSA) is 69.6 Å². The smallest absolute Gasteiger partial charge is 0.220 e. The first-order chi connectivity index (χ1) is 22.7. The Balaban J connectivity index is 3.51. The van der Waals surface area contributed by atoms with Crippen LogP contribution in [0.5, 0.6) is 0 Å². The standard InChI is InChI=1S/C42H83NO3/c1-3-5-7-9-11-13-15-17-18-19-20-21-22-23-24-26-28-30-32-34-36-38-42(46)43-40(39-44)41(45)37-35-33-31-29-27-25-16-14-12-10-8-6-4-2/h35,37,40-41,44-45H,3-34,36,38-39H2,1-2H3,(H,43,46)/b37-35+/t40-,41-/m0/s1. The summed E-state index contributed by atoms with van der Waals surface area (Å²) in [5, 5.41) is 22.9. The van der Waals surface area contributed by atoms with E-state index in [1.807, 2.05) is 6.08 Å². The molecule has 0 heterocycles. The fourth-order valence-corrected chi connectivity index (χ4v) is 6.53. The highest BCUT2D eigenvalue weighted by Gasteiger charge is 2.17. The summed E-state index contributed by atoms with van der Waals surface area (Å²) in [4.78, 5) is 12.3. The van der Waals surface area contributed by atoms with E-state index in [1.165, 1.54) is 186 Å². The minimum absolute atomic E-state index is 0.0605. The van der Waals surface area contributed by atoms with Crippen LogP contribution in [-0.4, -0.2) is 34.9 Å². The number of allylic oxidation sites excluding steroid dienone is 1. The second kappa shape index (κ2) is 38.6. The number of nitrogens with one attached hydrogen (secondary N) is 1. The average molecular weight is 650 g/mol. The molecule has 0 aromatic carbocycles. The van der Waals surface area contributed by atoms with Crippen LogP contribution in [0.2, 0.25) is 0 Å². The van der Waals surface area contributed by atoms with Gasteiger partial charge in [-0.3, -0.25) is 4.79 Å². The number of amides is 1. The molecule has 0 aromatic rings. The van der Waals surface area contributed by atoms with Crippen LogP contribution in [0.1, 0.15) is 232 Å². The Morgan fingerprint density at radius 2 is 0.804 bits per heavy atom. The summed E-state index contributed by atoms with van der Waals surface area (Å²) < 4.78 is 0. The van der Waals surface area contributed by atoms with E-state index in [-0.39, 0.29) is 12.5 Å². The molecule has 0 saturated carbocycles. The zero-order valence-electron chi connectivity index (χ0n) is 31.4. The lowest BCUT2D eigenvalue weighted by Gasteiger charge is -2.20. The van der Waals surface area contributed by atoms with Crippen molar-refractivity contribution in [2.75, 3.05) is 6.61 Å². The van der Waals surface area contributed by atoms with E-state index in [1.54, 1.807) is 6.08 Å². The van der Waals surface area contributed by atoms with Crippen molar-refractivity contribution in [2.45, 2.75) is 244 Å². The first kappa shape index (κ1) is 45.1. The van der Waals surface area contributed by atoms with E-state index in [2.05, 4.69) is 19.2 Å². The zero-order chi connectivity index (χ0) is 33.6. The highest BCUT2D eigenvalue weighted by molar-refractivity contribution is 5.76. The van der Waals surface area contributed by atoms with Crippen molar-refractivity contribution in [1.29, 1.82) is 0 Å². The number of rotatable bonds is 38. The van der Waals surface area contributed by atoms with Crippen molar-refractivity contribution < 1.29 is 15.0 Å². The predicted molar refractivity (Wildman–Crippen MR) is 202 cm³/mol. The van der Waals surface area contributed by atoms with Crippen LogP contribution in [0.3, 0.4) is 0 Å². The van der Waals surface area contributed by atoms with Crippen LogP contribution in [0.4, 0.5) is 0 Å². The molecule has 4 nitrogen and oxygen atoms in total. The third kappa shape index (κ3) is 34.5. The first-order valence-electron chi connectivity index (χ1n) is 20.9. The van der Waals surface area contributed by atoms with Gasteiger partial charge in [-0.2, -0.15) is 0 Å². The molecule has 0 fully saturated rings. The van der Waals surface area contributed by atoms with Crippen LogP contribution in [0.25, 0.3) is 0 Å². The van der Waals surface area contributed by atoms with Gasteiger partial charge in [-0.15, -0.1) is 0 Å². The average Bonchev–Trinajstić information content (AvgIpc) is 3.06. The molecule has 274 valence electrons. The lowest BCUT2D eigenvalue weighted by atomic mass is 10.0. The summed E-state index contributed by atoms with van der Waals surface area (Å²) in [5.74, 6) is -0.0605. The van der Waals surface area contributed by atoms with Crippen molar-refractivity contribution in [3.05, 3.63) is 12.2 Å². The number of carbonyl (C=O) groups is 1. The molecule has 0 aliphatic heterocycles. The summed E-state index contributed by atoms with van der Waals surface area (Å²) in [5.41, 5.74) is 0. The van der Waals surface area contributed by atoms with Crippen LogP contribution < -0.4 is 5.32 Å². The van der Waals surface area contributed by atoms with E-state index in [9.17, 15) is 15.0 Å². The number of unbranched alkanes of at least 4 members (excludes halogenated alkanes) is 31. The minimum atomic E-state index is -0.832. The predicted octanol–water partition coefficient (Wildman–Crippen LogP) is 12.7. The summed E-state index contributed by atoms with van der Waals surface area (Å²) in [6, 6.07) is -0.615. The molecule has 0 unspecified atom stereocenters. The number of carbonyl (C=O) groups excluding carboxylic acids is 1. The zero-order valence-corrected chi connectivity index (χ0v) is 31.4. The van der Waals surface area contributed by atoms with Gasteiger partial charge in [0.05, 0.1) is 18.8 Å². The summed E-state index contributed by atoms with van der Waals surface area (Å²) in [6.45, 7) is 4.32. The molecule has 0 bridgehead atoms. The van der Waals surface area contributed by atoms with Crippen molar-refractivity contribution in [3.63, 3.8) is 0 Å². The van der Waals surface area contributed by atoms with Crippen molar-refractivity contribution in [1.82, 2.24) is 5.32 Å². The Kier molecular flexibility index (Phi) is 37.8. The quantitative estimate of drug-likeness (QED) is 0.0460. The van der Waals surface area contributed by atoms with Gasteiger partial charge in [0.1, 0.15) is 0 Å². The highest BCUT2D eigenvalue weighted by atomic mass is 16.3. The van der Waals surface area contributed by atoms with Crippen LogP contribution in [-0.2, 0) is 4.79 Å². The Bertz CT molecular complexity index is 622. The molecule has 46 heavy (non-hydrogen) atoms. The first-order valence-corrected chi connectivity index (χ1v) is 20.9. The third-order valence-corrected chi connectivity index (χ3v) is 9.77. The number of aliphatic hydroxyl groups excluding tert-OH is 2. The van der Waals surface area contributed by atoms with E-state index in [0.29, 0.717) is 6.42 Å². The minimum Gasteiger partial charge on any atom is -0.394 e. The fraction of sp³-hybridized carbons (Fsp3) is 0.929. The molecule has 0 rings (SSSR count). The molecule has 3 N–H and O–H groups in total. The molecule has 0 aromatic heterocycles. The molecular weight excluding hydrogens is 566 g/mol. The molecule has 0 aliphatic rings. The van der Waals surface area contributed by atoms with E-state index in [0.717, 1.165) is 25.7 Å².